The Labute approximate surface area is 196 Å². The summed E-state index contributed by atoms with van der Waals surface area (Å²) in [5.74, 6) is -1.18. The van der Waals surface area contributed by atoms with Crippen molar-refractivity contribution in [3.63, 3.8) is 0 Å². The van der Waals surface area contributed by atoms with Gasteiger partial charge in [-0.25, -0.2) is 0 Å². The molecule has 2 saturated heterocycles. The van der Waals surface area contributed by atoms with Gasteiger partial charge in [0.2, 0.25) is 0 Å². The Balaban J connectivity index is 1.31. The maximum Gasteiger partial charge on any atom is 0.309 e. The predicted molar refractivity (Wildman–Crippen MR) is 125 cm³/mol. The lowest BCUT2D eigenvalue weighted by Crippen LogP contribution is -2.48. The van der Waals surface area contributed by atoms with Gasteiger partial charge in [0.25, 0.3) is 0 Å². The number of nitrogens with zero attached hydrogens (tertiary/aromatic N) is 2. The Bertz CT molecular complexity index is 764. The number of ether oxygens (including phenoxy) is 2. The number of hydrogen-bond acceptors (Lipinski definition) is 8. The molecule has 174 valence electrons. The van der Waals surface area contributed by atoms with Gasteiger partial charge in [-0.15, -0.1) is 22.7 Å². The molecule has 0 spiro atoms. The maximum atomic E-state index is 12.6. The molecule has 0 unspecified atom stereocenters. The Morgan fingerprint density at radius 2 is 1.19 bits per heavy atom. The van der Waals surface area contributed by atoms with Crippen molar-refractivity contribution in [2.24, 2.45) is 0 Å². The monoisotopic (exact) mass is 478 g/mol. The van der Waals surface area contributed by atoms with E-state index in [0.29, 0.717) is 39.5 Å². The Hall–Kier alpha value is -1.82. The number of carbonyl (C=O) groups is 2. The van der Waals surface area contributed by atoms with Gasteiger partial charge in [-0.05, 0) is 22.9 Å². The van der Waals surface area contributed by atoms with Crippen LogP contribution in [0, 0.1) is 0 Å². The molecule has 4 rings (SSSR count). The van der Waals surface area contributed by atoms with Gasteiger partial charge in [-0.1, -0.05) is 12.1 Å². The van der Waals surface area contributed by atoms with E-state index in [1.807, 2.05) is 22.9 Å². The lowest BCUT2D eigenvalue weighted by molar-refractivity contribution is -0.139. The van der Waals surface area contributed by atoms with Gasteiger partial charge in [-0.2, -0.15) is 0 Å². The van der Waals surface area contributed by atoms with Crippen molar-refractivity contribution in [1.82, 2.24) is 20.4 Å². The molecule has 0 saturated carbocycles. The fourth-order valence-electron chi connectivity index (χ4n) is 4.10. The van der Waals surface area contributed by atoms with Gasteiger partial charge in [0.05, 0.1) is 38.5 Å². The second-order valence-electron chi connectivity index (χ2n) is 7.78. The topological polar surface area (TPSA) is 83.1 Å². The van der Waals surface area contributed by atoms with Crippen LogP contribution in [0.4, 0.5) is 0 Å². The van der Waals surface area contributed by atoms with Crippen molar-refractivity contribution >= 4 is 34.5 Å². The maximum absolute atomic E-state index is 12.6. The average molecular weight is 479 g/mol. The first kappa shape index (κ1) is 23.3. The molecule has 2 atom stereocenters. The summed E-state index contributed by atoms with van der Waals surface area (Å²) in [6.45, 7) is 6.77. The molecule has 2 aliphatic rings. The van der Waals surface area contributed by atoms with Crippen LogP contribution in [0.1, 0.15) is 21.8 Å². The standard InChI is InChI=1S/C22H30N4O4S2/c27-21(23-15-17(19-3-1-13-31-19)25-5-9-29-10-6-25)22(28)24-16-18(20-4-2-14-32-20)26-7-11-30-12-8-26/h1-4,13-14,17-18H,5-12,15-16H2,(H,23,27)(H,24,28)/t17-,18-/m0/s1. The summed E-state index contributed by atoms with van der Waals surface area (Å²) in [6.07, 6.45) is 0. The minimum absolute atomic E-state index is 0.0443. The molecule has 2 aliphatic heterocycles. The number of carbonyl (C=O) groups excluding carboxylic acids is 2. The highest BCUT2D eigenvalue weighted by Crippen LogP contribution is 2.26. The smallest absolute Gasteiger partial charge is 0.309 e. The number of morpholine rings is 2. The van der Waals surface area contributed by atoms with E-state index >= 15 is 0 Å². The van der Waals surface area contributed by atoms with Gasteiger partial charge >= 0.3 is 11.8 Å². The van der Waals surface area contributed by atoms with E-state index in [4.69, 9.17) is 9.47 Å². The summed E-state index contributed by atoms with van der Waals surface area (Å²) in [7, 11) is 0. The van der Waals surface area contributed by atoms with Crippen molar-refractivity contribution in [2.75, 3.05) is 65.7 Å². The summed E-state index contributed by atoms with van der Waals surface area (Å²) in [5.41, 5.74) is 0. The minimum Gasteiger partial charge on any atom is -0.379 e. The van der Waals surface area contributed by atoms with E-state index in [1.54, 1.807) is 22.7 Å². The zero-order valence-corrected chi connectivity index (χ0v) is 19.7. The fraction of sp³-hybridized carbons (Fsp3) is 0.545. The van der Waals surface area contributed by atoms with Crippen LogP contribution in [0.2, 0.25) is 0 Å². The normalized spacial score (nSPS) is 19.9. The van der Waals surface area contributed by atoms with Gasteiger partial charge in [0.15, 0.2) is 0 Å². The molecule has 0 aliphatic carbocycles. The third-order valence-electron chi connectivity index (χ3n) is 5.83. The van der Waals surface area contributed by atoms with E-state index in [1.165, 1.54) is 9.75 Å². The molecule has 0 radical (unpaired) electrons. The first-order valence-corrected chi connectivity index (χ1v) is 12.7. The third-order valence-corrected chi connectivity index (χ3v) is 7.78. The van der Waals surface area contributed by atoms with Crippen molar-refractivity contribution in [2.45, 2.75) is 12.1 Å². The number of nitrogens with one attached hydrogen (secondary N) is 2. The molecular weight excluding hydrogens is 448 g/mol. The summed E-state index contributed by atoms with van der Waals surface area (Å²) in [5, 5.41) is 9.77. The second-order valence-corrected chi connectivity index (χ2v) is 9.74. The Morgan fingerprint density at radius 1 is 0.781 bits per heavy atom. The van der Waals surface area contributed by atoms with Gasteiger partial charge < -0.3 is 20.1 Å². The SMILES string of the molecule is O=C(NC[C@@H](c1cccs1)N1CCOCC1)C(=O)NC[C@@H](c1cccs1)N1CCOCC1. The van der Waals surface area contributed by atoms with Crippen LogP contribution in [0.15, 0.2) is 35.0 Å². The van der Waals surface area contributed by atoms with Gasteiger partial charge in [0, 0.05) is 49.0 Å². The molecule has 0 bridgehead atoms. The Kier molecular flexibility index (Phi) is 8.66. The molecule has 32 heavy (non-hydrogen) atoms. The molecule has 2 fully saturated rings. The number of rotatable bonds is 8. The molecule has 4 heterocycles. The number of hydrogen-bond donors (Lipinski definition) is 2. The third kappa shape index (κ3) is 6.15. The first-order valence-electron chi connectivity index (χ1n) is 11.0. The van der Waals surface area contributed by atoms with Crippen LogP contribution in [0.3, 0.4) is 0 Å². The summed E-state index contributed by atoms with van der Waals surface area (Å²) in [6, 6.07) is 8.26. The average Bonchev–Trinajstić information content (AvgIpc) is 3.56. The highest BCUT2D eigenvalue weighted by atomic mass is 32.1. The van der Waals surface area contributed by atoms with Crippen LogP contribution in [-0.4, -0.2) is 87.3 Å². The second kappa shape index (κ2) is 11.9. The van der Waals surface area contributed by atoms with E-state index in [2.05, 4.69) is 32.6 Å². The van der Waals surface area contributed by atoms with Crippen molar-refractivity contribution in [3.8, 4) is 0 Å². The Morgan fingerprint density at radius 3 is 1.53 bits per heavy atom. The lowest BCUT2D eigenvalue weighted by atomic mass is 10.1. The van der Waals surface area contributed by atoms with Crippen molar-refractivity contribution < 1.29 is 19.1 Å². The van der Waals surface area contributed by atoms with E-state index in [-0.39, 0.29) is 12.1 Å². The van der Waals surface area contributed by atoms with Crippen LogP contribution >= 0.6 is 22.7 Å². The summed E-state index contributed by atoms with van der Waals surface area (Å²) < 4.78 is 10.9. The van der Waals surface area contributed by atoms with Crippen LogP contribution in [0.25, 0.3) is 0 Å². The van der Waals surface area contributed by atoms with Crippen molar-refractivity contribution in [3.05, 3.63) is 44.8 Å². The highest BCUT2D eigenvalue weighted by Gasteiger charge is 2.27. The molecule has 2 aromatic heterocycles. The lowest BCUT2D eigenvalue weighted by Gasteiger charge is -2.34. The van der Waals surface area contributed by atoms with E-state index in [0.717, 1.165) is 26.2 Å². The number of amides is 2. The van der Waals surface area contributed by atoms with Gasteiger partial charge in [-0.3, -0.25) is 19.4 Å². The minimum atomic E-state index is -0.591. The zero-order valence-electron chi connectivity index (χ0n) is 18.0. The first-order chi connectivity index (χ1) is 15.7. The molecule has 10 heteroatoms. The number of thiophene rings is 2. The quantitative estimate of drug-likeness (QED) is 0.560. The predicted octanol–water partition coefficient (Wildman–Crippen LogP) is 1.49. The van der Waals surface area contributed by atoms with Gasteiger partial charge in [0.1, 0.15) is 0 Å². The molecule has 8 nitrogen and oxygen atoms in total. The fourth-order valence-corrected chi connectivity index (χ4v) is 5.82. The largest absolute Gasteiger partial charge is 0.379 e. The molecule has 0 aromatic carbocycles. The van der Waals surface area contributed by atoms with E-state index in [9.17, 15) is 9.59 Å². The summed E-state index contributed by atoms with van der Waals surface area (Å²) >= 11 is 3.33. The molecule has 2 N–H and O–H groups in total. The van der Waals surface area contributed by atoms with Crippen molar-refractivity contribution in [1.29, 1.82) is 0 Å². The van der Waals surface area contributed by atoms with Crippen LogP contribution in [-0.2, 0) is 19.1 Å². The van der Waals surface area contributed by atoms with Crippen LogP contribution in [0.5, 0.6) is 0 Å². The van der Waals surface area contributed by atoms with Crippen LogP contribution < -0.4 is 10.6 Å². The summed E-state index contributed by atoms with van der Waals surface area (Å²) in [4.78, 5) is 32.1. The highest BCUT2D eigenvalue weighted by molar-refractivity contribution is 7.10. The van der Waals surface area contributed by atoms with E-state index < -0.39 is 11.8 Å². The molecule has 2 amide bonds. The zero-order chi connectivity index (χ0) is 22.2. The molecular formula is C22H30N4O4S2. The molecule has 2 aromatic rings.